The smallest absolute Gasteiger partial charge is 0.224 e. The fourth-order valence-corrected chi connectivity index (χ4v) is 1.59. The van der Waals surface area contributed by atoms with Crippen LogP contribution < -0.4 is 14.8 Å². The van der Waals surface area contributed by atoms with E-state index in [0.29, 0.717) is 36.1 Å². The first-order valence-electron chi connectivity index (χ1n) is 6.17. The Labute approximate surface area is 108 Å². The molecule has 0 heterocycles. The van der Waals surface area contributed by atoms with Crippen LogP contribution in [0.3, 0.4) is 0 Å². The molecule has 0 aliphatic carbocycles. The zero-order chi connectivity index (χ0) is 13.5. The summed E-state index contributed by atoms with van der Waals surface area (Å²) in [5, 5.41) is 2.86. The number of benzene rings is 1. The zero-order valence-corrected chi connectivity index (χ0v) is 11.4. The SMILES string of the molecule is CCOc1ccc(OC)cc1NC(=O)CC(C)C. The second kappa shape index (κ2) is 6.89. The van der Waals surface area contributed by atoms with Gasteiger partial charge in [0.25, 0.3) is 0 Å². The van der Waals surface area contributed by atoms with Gasteiger partial charge in [0.1, 0.15) is 11.5 Å². The molecule has 0 saturated heterocycles. The van der Waals surface area contributed by atoms with Gasteiger partial charge in [-0.15, -0.1) is 0 Å². The van der Waals surface area contributed by atoms with Crippen molar-refractivity contribution in [2.45, 2.75) is 27.2 Å². The monoisotopic (exact) mass is 251 g/mol. The maximum atomic E-state index is 11.8. The first-order valence-corrected chi connectivity index (χ1v) is 6.17. The maximum Gasteiger partial charge on any atom is 0.224 e. The van der Waals surface area contributed by atoms with Crippen LogP contribution in [0.25, 0.3) is 0 Å². The third-order valence-electron chi connectivity index (χ3n) is 2.35. The minimum Gasteiger partial charge on any atom is -0.497 e. The lowest BCUT2D eigenvalue weighted by atomic mass is 10.1. The fourth-order valence-electron chi connectivity index (χ4n) is 1.59. The summed E-state index contributed by atoms with van der Waals surface area (Å²) in [5.41, 5.74) is 0.654. The van der Waals surface area contributed by atoms with Crippen LogP contribution in [0.15, 0.2) is 18.2 Å². The van der Waals surface area contributed by atoms with E-state index >= 15 is 0 Å². The molecule has 0 unspecified atom stereocenters. The van der Waals surface area contributed by atoms with E-state index in [1.54, 1.807) is 19.2 Å². The van der Waals surface area contributed by atoms with Crippen molar-refractivity contribution < 1.29 is 14.3 Å². The molecule has 100 valence electrons. The van der Waals surface area contributed by atoms with E-state index in [0.717, 1.165) is 0 Å². The number of hydrogen-bond acceptors (Lipinski definition) is 3. The number of ether oxygens (including phenoxy) is 2. The van der Waals surface area contributed by atoms with Crippen molar-refractivity contribution in [3.63, 3.8) is 0 Å². The Hall–Kier alpha value is -1.71. The van der Waals surface area contributed by atoms with Crippen molar-refractivity contribution >= 4 is 11.6 Å². The van der Waals surface area contributed by atoms with E-state index in [-0.39, 0.29) is 5.91 Å². The normalized spacial score (nSPS) is 10.3. The molecule has 1 rings (SSSR count). The molecule has 0 saturated carbocycles. The van der Waals surface area contributed by atoms with E-state index in [4.69, 9.17) is 9.47 Å². The van der Waals surface area contributed by atoms with Crippen LogP contribution in [0.5, 0.6) is 11.5 Å². The molecular weight excluding hydrogens is 230 g/mol. The Kier molecular flexibility index (Phi) is 5.49. The number of carbonyl (C=O) groups excluding carboxylic acids is 1. The second-order valence-corrected chi connectivity index (χ2v) is 4.44. The number of carbonyl (C=O) groups is 1. The van der Waals surface area contributed by atoms with Crippen LogP contribution in [0.4, 0.5) is 5.69 Å². The lowest BCUT2D eigenvalue weighted by molar-refractivity contribution is -0.116. The molecule has 0 aliphatic heterocycles. The average molecular weight is 251 g/mol. The molecule has 0 radical (unpaired) electrons. The standard InChI is InChI=1S/C14H21NO3/c1-5-18-13-7-6-11(17-4)9-12(13)15-14(16)8-10(2)3/h6-7,9-10H,5,8H2,1-4H3,(H,15,16). The van der Waals surface area contributed by atoms with E-state index in [1.165, 1.54) is 0 Å². The van der Waals surface area contributed by atoms with Gasteiger partial charge in [-0.2, -0.15) is 0 Å². The molecule has 0 fully saturated rings. The van der Waals surface area contributed by atoms with Gasteiger partial charge in [-0.25, -0.2) is 0 Å². The van der Waals surface area contributed by atoms with E-state index in [9.17, 15) is 4.79 Å². The quantitative estimate of drug-likeness (QED) is 0.845. The number of anilines is 1. The summed E-state index contributed by atoms with van der Waals surface area (Å²) < 4.78 is 10.6. The van der Waals surface area contributed by atoms with Crippen molar-refractivity contribution in [1.29, 1.82) is 0 Å². The van der Waals surface area contributed by atoms with Crippen LogP contribution in [0.1, 0.15) is 27.2 Å². The molecular formula is C14H21NO3. The molecule has 4 heteroatoms. The second-order valence-electron chi connectivity index (χ2n) is 4.44. The summed E-state index contributed by atoms with van der Waals surface area (Å²) in [6.45, 7) is 6.48. The van der Waals surface area contributed by atoms with Gasteiger partial charge < -0.3 is 14.8 Å². The number of nitrogens with one attached hydrogen (secondary N) is 1. The van der Waals surface area contributed by atoms with Crippen molar-refractivity contribution in [1.82, 2.24) is 0 Å². The molecule has 0 aliphatic rings. The summed E-state index contributed by atoms with van der Waals surface area (Å²) in [6.07, 6.45) is 0.489. The van der Waals surface area contributed by atoms with Gasteiger partial charge in [0.05, 0.1) is 19.4 Å². The highest BCUT2D eigenvalue weighted by molar-refractivity contribution is 5.92. The van der Waals surface area contributed by atoms with Crippen LogP contribution in [-0.2, 0) is 4.79 Å². The molecule has 1 aromatic carbocycles. The van der Waals surface area contributed by atoms with Crippen LogP contribution in [0, 0.1) is 5.92 Å². The summed E-state index contributed by atoms with van der Waals surface area (Å²) in [5.74, 6) is 1.67. The third-order valence-corrected chi connectivity index (χ3v) is 2.35. The van der Waals surface area contributed by atoms with Crippen molar-refractivity contribution in [3.8, 4) is 11.5 Å². The van der Waals surface area contributed by atoms with Crippen molar-refractivity contribution in [2.24, 2.45) is 5.92 Å². The van der Waals surface area contributed by atoms with Gasteiger partial charge in [0.2, 0.25) is 5.91 Å². The summed E-state index contributed by atoms with van der Waals surface area (Å²) in [4.78, 5) is 11.8. The van der Waals surface area contributed by atoms with Crippen LogP contribution in [-0.4, -0.2) is 19.6 Å². The van der Waals surface area contributed by atoms with Gasteiger partial charge in [0.15, 0.2) is 0 Å². The molecule has 4 nitrogen and oxygen atoms in total. The molecule has 18 heavy (non-hydrogen) atoms. The molecule has 1 amide bonds. The Morgan fingerprint density at radius 2 is 2.11 bits per heavy atom. The highest BCUT2D eigenvalue weighted by Gasteiger charge is 2.10. The summed E-state index contributed by atoms with van der Waals surface area (Å²) >= 11 is 0. The topological polar surface area (TPSA) is 47.6 Å². The summed E-state index contributed by atoms with van der Waals surface area (Å²) in [6, 6.07) is 5.37. The Morgan fingerprint density at radius 3 is 2.67 bits per heavy atom. The first kappa shape index (κ1) is 14.4. The Morgan fingerprint density at radius 1 is 1.39 bits per heavy atom. The average Bonchev–Trinajstić information content (AvgIpc) is 2.30. The van der Waals surface area contributed by atoms with Crippen LogP contribution >= 0.6 is 0 Å². The van der Waals surface area contributed by atoms with Gasteiger partial charge in [-0.3, -0.25) is 4.79 Å². The van der Waals surface area contributed by atoms with Crippen molar-refractivity contribution in [3.05, 3.63) is 18.2 Å². The molecule has 0 atom stereocenters. The molecule has 1 aromatic rings. The Bertz CT molecular complexity index is 402. The lowest BCUT2D eigenvalue weighted by Gasteiger charge is -2.13. The number of amides is 1. The lowest BCUT2D eigenvalue weighted by Crippen LogP contribution is -2.14. The minimum atomic E-state index is -0.0146. The van der Waals surface area contributed by atoms with Gasteiger partial charge in [-0.05, 0) is 25.0 Å². The predicted molar refractivity (Wildman–Crippen MR) is 72.2 cm³/mol. The molecule has 0 bridgehead atoms. The van der Waals surface area contributed by atoms with E-state index in [2.05, 4.69) is 5.32 Å². The van der Waals surface area contributed by atoms with E-state index in [1.807, 2.05) is 26.8 Å². The highest BCUT2D eigenvalue weighted by atomic mass is 16.5. The summed E-state index contributed by atoms with van der Waals surface area (Å²) in [7, 11) is 1.59. The van der Waals surface area contributed by atoms with Gasteiger partial charge in [-0.1, -0.05) is 13.8 Å². The van der Waals surface area contributed by atoms with Gasteiger partial charge in [0, 0.05) is 12.5 Å². The number of hydrogen-bond donors (Lipinski definition) is 1. The zero-order valence-electron chi connectivity index (χ0n) is 11.4. The Balaban J connectivity index is 2.86. The first-order chi connectivity index (χ1) is 8.56. The van der Waals surface area contributed by atoms with Crippen molar-refractivity contribution in [2.75, 3.05) is 19.0 Å². The molecule has 1 N–H and O–H groups in total. The number of rotatable bonds is 6. The maximum absolute atomic E-state index is 11.8. The predicted octanol–water partition coefficient (Wildman–Crippen LogP) is 3.08. The molecule has 0 aromatic heterocycles. The van der Waals surface area contributed by atoms with Crippen LogP contribution in [0.2, 0.25) is 0 Å². The fraction of sp³-hybridized carbons (Fsp3) is 0.500. The minimum absolute atomic E-state index is 0.0146. The third kappa shape index (κ3) is 4.28. The largest absolute Gasteiger partial charge is 0.497 e. The molecule has 0 spiro atoms. The van der Waals surface area contributed by atoms with Gasteiger partial charge >= 0.3 is 0 Å². The number of methoxy groups -OCH3 is 1. The highest BCUT2D eigenvalue weighted by Crippen LogP contribution is 2.29. The van der Waals surface area contributed by atoms with E-state index < -0.39 is 0 Å².